The van der Waals surface area contributed by atoms with Gasteiger partial charge in [0.25, 0.3) is 0 Å². The maximum atomic E-state index is 13.3. The number of hydrogen-bond acceptors (Lipinski definition) is 2. The summed E-state index contributed by atoms with van der Waals surface area (Å²) in [7, 11) is 1.52. The summed E-state index contributed by atoms with van der Waals surface area (Å²) in [5.41, 5.74) is 0.998. The maximum Gasteiger partial charge on any atom is 0.336 e. The largest absolute Gasteiger partial charge is 0.497 e. The molecule has 2 aromatic rings. The number of carboxylic acid groups (broad SMARTS) is 1. The first-order valence-corrected chi connectivity index (χ1v) is 5.29. The fourth-order valence-electron chi connectivity index (χ4n) is 1.73. The first-order valence-electron chi connectivity index (χ1n) is 5.29. The fraction of sp³-hybridized carbons (Fsp3) is 0.0714. The van der Waals surface area contributed by atoms with Crippen molar-refractivity contribution < 1.29 is 19.0 Å². The number of benzene rings is 2. The minimum Gasteiger partial charge on any atom is -0.497 e. The average molecular weight is 246 g/mol. The van der Waals surface area contributed by atoms with E-state index in [1.165, 1.54) is 19.2 Å². The van der Waals surface area contributed by atoms with Crippen LogP contribution >= 0.6 is 0 Å². The Hall–Kier alpha value is -2.36. The summed E-state index contributed by atoms with van der Waals surface area (Å²) in [6.07, 6.45) is 0. The molecule has 92 valence electrons. The van der Waals surface area contributed by atoms with Crippen molar-refractivity contribution >= 4 is 5.97 Å². The summed E-state index contributed by atoms with van der Waals surface area (Å²) in [5.74, 6) is -0.973. The van der Waals surface area contributed by atoms with Gasteiger partial charge in [-0.25, -0.2) is 9.18 Å². The third-order valence-corrected chi connectivity index (χ3v) is 2.59. The first-order chi connectivity index (χ1) is 8.61. The van der Waals surface area contributed by atoms with Crippen LogP contribution in [0.15, 0.2) is 42.5 Å². The predicted molar refractivity (Wildman–Crippen MR) is 65.3 cm³/mol. The molecule has 3 nitrogen and oxygen atoms in total. The molecule has 2 rings (SSSR count). The third-order valence-electron chi connectivity index (χ3n) is 2.59. The van der Waals surface area contributed by atoms with E-state index in [1.54, 1.807) is 24.3 Å². The quantitative estimate of drug-likeness (QED) is 0.904. The third kappa shape index (κ3) is 2.32. The second kappa shape index (κ2) is 4.87. The van der Waals surface area contributed by atoms with Crippen LogP contribution in [0.3, 0.4) is 0 Å². The lowest BCUT2D eigenvalue weighted by Gasteiger charge is -2.08. The number of aromatic carboxylic acids is 1. The van der Waals surface area contributed by atoms with Crippen molar-refractivity contribution in [2.24, 2.45) is 0 Å². The summed E-state index contributed by atoms with van der Waals surface area (Å²) in [6, 6.07) is 10.4. The lowest BCUT2D eigenvalue weighted by atomic mass is 9.99. The van der Waals surface area contributed by atoms with Crippen molar-refractivity contribution in [1.29, 1.82) is 0 Å². The molecule has 0 saturated heterocycles. The summed E-state index contributed by atoms with van der Waals surface area (Å²) in [4.78, 5) is 11.1. The highest BCUT2D eigenvalue weighted by Crippen LogP contribution is 2.27. The lowest BCUT2D eigenvalue weighted by Crippen LogP contribution is -2.00. The molecule has 18 heavy (non-hydrogen) atoms. The van der Waals surface area contributed by atoms with Gasteiger partial charge in [-0.3, -0.25) is 0 Å². The zero-order valence-corrected chi connectivity index (χ0v) is 9.68. The van der Waals surface area contributed by atoms with Crippen LogP contribution in [-0.4, -0.2) is 18.2 Å². The maximum absolute atomic E-state index is 13.3. The van der Waals surface area contributed by atoms with Crippen LogP contribution in [0.2, 0.25) is 0 Å². The van der Waals surface area contributed by atoms with Crippen LogP contribution in [0.1, 0.15) is 10.4 Å². The highest BCUT2D eigenvalue weighted by Gasteiger charge is 2.13. The summed E-state index contributed by atoms with van der Waals surface area (Å²) in [5, 5.41) is 9.09. The molecular formula is C14H11FO3. The Kier molecular flexibility index (Phi) is 3.28. The van der Waals surface area contributed by atoms with Crippen molar-refractivity contribution in [3.05, 3.63) is 53.8 Å². The lowest BCUT2D eigenvalue weighted by molar-refractivity contribution is 0.0697. The van der Waals surface area contributed by atoms with Crippen LogP contribution < -0.4 is 4.74 Å². The Morgan fingerprint density at radius 1 is 1.22 bits per heavy atom. The molecule has 0 bridgehead atoms. The Morgan fingerprint density at radius 3 is 2.67 bits per heavy atom. The van der Waals surface area contributed by atoms with Crippen LogP contribution in [0, 0.1) is 5.82 Å². The molecule has 2 aromatic carbocycles. The highest BCUT2D eigenvalue weighted by molar-refractivity contribution is 5.96. The molecule has 0 aliphatic carbocycles. The topological polar surface area (TPSA) is 46.5 Å². The molecule has 0 fully saturated rings. The number of halogens is 1. The van der Waals surface area contributed by atoms with Crippen molar-refractivity contribution in [2.75, 3.05) is 7.11 Å². The van der Waals surface area contributed by atoms with Gasteiger partial charge in [0, 0.05) is 0 Å². The van der Waals surface area contributed by atoms with Crippen LogP contribution in [0.25, 0.3) is 11.1 Å². The number of hydrogen-bond donors (Lipinski definition) is 1. The van der Waals surface area contributed by atoms with Gasteiger partial charge in [0.1, 0.15) is 11.6 Å². The van der Waals surface area contributed by atoms with Gasteiger partial charge >= 0.3 is 5.97 Å². The molecule has 4 heteroatoms. The molecule has 0 aromatic heterocycles. The molecule has 0 aliphatic rings. The molecule has 0 spiro atoms. The van der Waals surface area contributed by atoms with Crippen LogP contribution in [-0.2, 0) is 0 Å². The van der Waals surface area contributed by atoms with Crippen molar-refractivity contribution in [2.45, 2.75) is 0 Å². The van der Waals surface area contributed by atoms with E-state index in [4.69, 9.17) is 9.84 Å². The van der Waals surface area contributed by atoms with Gasteiger partial charge in [0.2, 0.25) is 0 Å². The Bertz CT molecular complexity index is 593. The van der Waals surface area contributed by atoms with Gasteiger partial charge in [0.05, 0.1) is 12.7 Å². The second-order valence-electron chi connectivity index (χ2n) is 3.73. The van der Waals surface area contributed by atoms with Gasteiger partial charge in [-0.05, 0) is 41.5 Å². The number of ether oxygens (including phenoxy) is 1. The number of carboxylic acids is 1. The highest BCUT2D eigenvalue weighted by atomic mass is 19.1. The molecule has 0 aliphatic heterocycles. The number of methoxy groups -OCH3 is 1. The first kappa shape index (κ1) is 12.1. The molecular weight excluding hydrogens is 235 g/mol. The molecule has 0 atom stereocenters. The molecule has 1 N–H and O–H groups in total. The number of carbonyl (C=O) groups is 1. The van der Waals surface area contributed by atoms with E-state index >= 15 is 0 Å². The second-order valence-corrected chi connectivity index (χ2v) is 3.73. The van der Waals surface area contributed by atoms with Gasteiger partial charge in [0.15, 0.2) is 0 Å². The van der Waals surface area contributed by atoms with Crippen molar-refractivity contribution in [3.63, 3.8) is 0 Å². The summed E-state index contributed by atoms with van der Waals surface area (Å²) >= 11 is 0. The standard InChI is InChI=1S/C14H11FO3/c1-18-11-4-2-3-9(7-11)13-8-10(15)5-6-12(13)14(16)17/h2-8H,1H3,(H,16,17). The number of rotatable bonds is 3. The Morgan fingerprint density at radius 2 is 2.00 bits per heavy atom. The van der Waals surface area contributed by atoms with Crippen LogP contribution in [0.4, 0.5) is 4.39 Å². The average Bonchev–Trinajstić information content (AvgIpc) is 2.38. The zero-order valence-electron chi connectivity index (χ0n) is 9.68. The Balaban J connectivity index is 2.61. The van der Waals surface area contributed by atoms with Gasteiger partial charge in [-0.2, -0.15) is 0 Å². The molecule has 0 amide bonds. The van der Waals surface area contributed by atoms with E-state index < -0.39 is 11.8 Å². The fourth-order valence-corrected chi connectivity index (χ4v) is 1.73. The van der Waals surface area contributed by atoms with E-state index in [2.05, 4.69) is 0 Å². The smallest absolute Gasteiger partial charge is 0.336 e. The Labute approximate surface area is 103 Å². The molecule has 0 radical (unpaired) electrons. The predicted octanol–water partition coefficient (Wildman–Crippen LogP) is 3.20. The minimum atomic E-state index is -1.09. The van der Waals surface area contributed by atoms with E-state index in [9.17, 15) is 9.18 Å². The normalized spacial score (nSPS) is 10.1. The van der Waals surface area contributed by atoms with E-state index in [-0.39, 0.29) is 5.56 Å². The SMILES string of the molecule is COc1cccc(-c2cc(F)ccc2C(=O)O)c1. The van der Waals surface area contributed by atoms with Crippen molar-refractivity contribution in [1.82, 2.24) is 0 Å². The molecule has 0 unspecified atom stereocenters. The van der Waals surface area contributed by atoms with Crippen LogP contribution in [0.5, 0.6) is 5.75 Å². The van der Waals surface area contributed by atoms with Crippen molar-refractivity contribution in [3.8, 4) is 16.9 Å². The van der Waals surface area contributed by atoms with Gasteiger partial charge < -0.3 is 9.84 Å². The van der Waals surface area contributed by atoms with E-state index in [0.29, 0.717) is 16.9 Å². The molecule has 0 heterocycles. The molecule has 0 saturated carbocycles. The van der Waals surface area contributed by atoms with Gasteiger partial charge in [-0.15, -0.1) is 0 Å². The van der Waals surface area contributed by atoms with E-state index in [1.807, 2.05) is 0 Å². The van der Waals surface area contributed by atoms with Gasteiger partial charge in [-0.1, -0.05) is 12.1 Å². The summed E-state index contributed by atoms with van der Waals surface area (Å²) < 4.78 is 18.3. The zero-order chi connectivity index (χ0) is 13.1. The summed E-state index contributed by atoms with van der Waals surface area (Å²) in [6.45, 7) is 0. The monoisotopic (exact) mass is 246 g/mol. The van der Waals surface area contributed by atoms with E-state index in [0.717, 1.165) is 6.07 Å². The minimum absolute atomic E-state index is 0.0599.